The number of rotatable bonds is 5. The van der Waals surface area contributed by atoms with E-state index < -0.39 is 11.9 Å². The number of nitrogens with one attached hydrogen (secondary N) is 1. The third kappa shape index (κ3) is 4.25. The predicted molar refractivity (Wildman–Crippen MR) is 102 cm³/mol. The van der Waals surface area contributed by atoms with E-state index >= 15 is 0 Å². The molecule has 0 aromatic heterocycles. The predicted octanol–water partition coefficient (Wildman–Crippen LogP) is 3.43. The molecule has 4 nitrogen and oxygen atoms in total. The van der Waals surface area contributed by atoms with Crippen molar-refractivity contribution in [3.05, 3.63) is 82.3 Å². The Kier molecular flexibility index (Phi) is 5.14. The van der Waals surface area contributed by atoms with Crippen LogP contribution in [0.1, 0.15) is 15.9 Å². The molecule has 0 unspecified atom stereocenters. The first-order valence-corrected chi connectivity index (χ1v) is 8.65. The Bertz CT molecular complexity index is 940. The molecule has 0 bridgehead atoms. The second kappa shape index (κ2) is 7.49. The van der Waals surface area contributed by atoms with Gasteiger partial charge in [0.2, 0.25) is 5.91 Å². The van der Waals surface area contributed by atoms with Crippen molar-refractivity contribution < 1.29 is 9.59 Å². The summed E-state index contributed by atoms with van der Waals surface area (Å²) < 4.78 is 0.911. The molecule has 3 aromatic rings. The van der Waals surface area contributed by atoms with Gasteiger partial charge in [-0.05, 0) is 40.6 Å². The first-order chi connectivity index (χ1) is 12.0. The SMILES string of the molecule is NC(=O)[C@@H](Cc1cccc(Br)c1)NC(=O)c1ccc2ccccc2c1. The molecule has 3 rings (SSSR count). The van der Waals surface area contributed by atoms with E-state index in [1.165, 1.54) is 0 Å². The van der Waals surface area contributed by atoms with E-state index in [1.54, 1.807) is 6.07 Å². The summed E-state index contributed by atoms with van der Waals surface area (Å²) in [4.78, 5) is 24.3. The van der Waals surface area contributed by atoms with Crippen molar-refractivity contribution in [2.75, 3.05) is 0 Å². The number of amides is 2. The molecule has 1 atom stereocenters. The van der Waals surface area contributed by atoms with Crippen LogP contribution in [0.3, 0.4) is 0 Å². The Labute approximate surface area is 154 Å². The number of hydrogen-bond acceptors (Lipinski definition) is 2. The maximum Gasteiger partial charge on any atom is 0.251 e. The van der Waals surface area contributed by atoms with Crippen LogP contribution in [-0.2, 0) is 11.2 Å². The molecule has 0 spiro atoms. The largest absolute Gasteiger partial charge is 0.368 e. The summed E-state index contributed by atoms with van der Waals surface area (Å²) >= 11 is 3.40. The van der Waals surface area contributed by atoms with E-state index in [9.17, 15) is 9.59 Å². The average Bonchev–Trinajstić information content (AvgIpc) is 2.60. The number of fused-ring (bicyclic) bond motifs is 1. The average molecular weight is 397 g/mol. The molecule has 25 heavy (non-hydrogen) atoms. The number of benzene rings is 3. The van der Waals surface area contributed by atoms with E-state index in [2.05, 4.69) is 21.2 Å². The smallest absolute Gasteiger partial charge is 0.251 e. The van der Waals surface area contributed by atoms with Crippen LogP contribution in [0.4, 0.5) is 0 Å². The van der Waals surface area contributed by atoms with Crippen LogP contribution in [0.5, 0.6) is 0 Å². The second-order valence-electron chi connectivity index (χ2n) is 5.82. The first kappa shape index (κ1) is 17.2. The fourth-order valence-electron chi connectivity index (χ4n) is 2.69. The van der Waals surface area contributed by atoms with Gasteiger partial charge in [-0.15, -0.1) is 0 Å². The molecule has 0 saturated carbocycles. The maximum atomic E-state index is 12.5. The van der Waals surface area contributed by atoms with Crippen LogP contribution in [0.15, 0.2) is 71.2 Å². The lowest BCUT2D eigenvalue weighted by molar-refractivity contribution is -0.119. The molecule has 3 aromatic carbocycles. The minimum atomic E-state index is -0.770. The molecule has 0 aliphatic carbocycles. The fourth-order valence-corrected chi connectivity index (χ4v) is 3.14. The van der Waals surface area contributed by atoms with Crippen LogP contribution in [0, 0.1) is 0 Å². The van der Waals surface area contributed by atoms with Crippen molar-refractivity contribution in [2.24, 2.45) is 5.73 Å². The van der Waals surface area contributed by atoms with Crippen LogP contribution < -0.4 is 11.1 Å². The summed E-state index contributed by atoms with van der Waals surface area (Å²) in [5.74, 6) is -0.876. The van der Waals surface area contributed by atoms with Crippen molar-refractivity contribution in [1.82, 2.24) is 5.32 Å². The molecule has 0 aliphatic rings. The van der Waals surface area contributed by atoms with Gasteiger partial charge in [-0.25, -0.2) is 0 Å². The Hall–Kier alpha value is -2.66. The van der Waals surface area contributed by atoms with E-state index in [0.29, 0.717) is 12.0 Å². The molecular weight excluding hydrogens is 380 g/mol. The van der Waals surface area contributed by atoms with Gasteiger partial charge in [0.15, 0.2) is 0 Å². The summed E-state index contributed by atoms with van der Waals surface area (Å²) in [6.45, 7) is 0. The normalized spacial score (nSPS) is 11.9. The molecule has 2 amide bonds. The van der Waals surface area contributed by atoms with Gasteiger partial charge in [-0.3, -0.25) is 9.59 Å². The quantitative estimate of drug-likeness (QED) is 0.693. The van der Waals surface area contributed by atoms with Crippen molar-refractivity contribution >= 4 is 38.5 Å². The molecule has 0 aliphatic heterocycles. The van der Waals surface area contributed by atoms with E-state index in [0.717, 1.165) is 20.8 Å². The van der Waals surface area contributed by atoms with Gasteiger partial charge in [0.1, 0.15) is 6.04 Å². The highest BCUT2D eigenvalue weighted by molar-refractivity contribution is 9.10. The number of halogens is 1. The van der Waals surface area contributed by atoms with Crippen molar-refractivity contribution in [1.29, 1.82) is 0 Å². The fraction of sp³-hybridized carbons (Fsp3) is 0.100. The second-order valence-corrected chi connectivity index (χ2v) is 6.74. The Morgan fingerprint density at radius 2 is 1.72 bits per heavy atom. The highest BCUT2D eigenvalue weighted by Crippen LogP contribution is 2.16. The summed E-state index contributed by atoms with van der Waals surface area (Å²) in [5.41, 5.74) is 6.89. The zero-order valence-corrected chi connectivity index (χ0v) is 15.0. The lowest BCUT2D eigenvalue weighted by Gasteiger charge is -2.16. The zero-order valence-electron chi connectivity index (χ0n) is 13.4. The topological polar surface area (TPSA) is 72.2 Å². The summed E-state index contributed by atoms with van der Waals surface area (Å²) in [6.07, 6.45) is 0.341. The zero-order chi connectivity index (χ0) is 17.8. The van der Waals surface area contributed by atoms with Crippen LogP contribution in [0.2, 0.25) is 0 Å². The van der Waals surface area contributed by atoms with Crippen LogP contribution in [-0.4, -0.2) is 17.9 Å². The van der Waals surface area contributed by atoms with E-state index in [4.69, 9.17) is 5.73 Å². The van der Waals surface area contributed by atoms with Crippen LogP contribution >= 0.6 is 15.9 Å². The van der Waals surface area contributed by atoms with Gasteiger partial charge < -0.3 is 11.1 Å². The highest BCUT2D eigenvalue weighted by atomic mass is 79.9. The van der Waals surface area contributed by atoms with Gasteiger partial charge in [-0.2, -0.15) is 0 Å². The van der Waals surface area contributed by atoms with Crippen molar-refractivity contribution in [2.45, 2.75) is 12.5 Å². The molecule has 3 N–H and O–H groups in total. The van der Waals surface area contributed by atoms with Crippen LogP contribution in [0.25, 0.3) is 10.8 Å². The standard InChI is InChI=1S/C20H17BrN2O2/c21-17-7-3-4-13(10-17)11-18(19(22)24)23-20(25)16-9-8-14-5-1-2-6-15(14)12-16/h1-10,12,18H,11H2,(H2,22,24)(H,23,25)/t18-/m1/s1. The Morgan fingerprint density at radius 3 is 2.44 bits per heavy atom. The molecule has 0 saturated heterocycles. The molecular formula is C20H17BrN2O2. The number of primary amides is 1. The van der Waals surface area contributed by atoms with Crippen molar-refractivity contribution in [3.63, 3.8) is 0 Å². The number of carbonyl (C=O) groups is 2. The third-order valence-corrected chi connectivity index (χ3v) is 4.48. The van der Waals surface area contributed by atoms with Gasteiger partial charge in [0, 0.05) is 16.5 Å². The van der Waals surface area contributed by atoms with Gasteiger partial charge in [0.25, 0.3) is 5.91 Å². The molecule has 5 heteroatoms. The third-order valence-electron chi connectivity index (χ3n) is 3.99. The van der Waals surface area contributed by atoms with Crippen molar-refractivity contribution in [3.8, 4) is 0 Å². The summed E-state index contributed by atoms with van der Waals surface area (Å²) in [6, 6.07) is 20.0. The van der Waals surface area contributed by atoms with E-state index in [-0.39, 0.29) is 5.91 Å². The lowest BCUT2D eigenvalue weighted by Crippen LogP contribution is -2.45. The Morgan fingerprint density at radius 1 is 0.960 bits per heavy atom. The van der Waals surface area contributed by atoms with Gasteiger partial charge in [0.05, 0.1) is 0 Å². The number of nitrogens with two attached hydrogens (primary N) is 1. The lowest BCUT2D eigenvalue weighted by atomic mass is 10.0. The highest BCUT2D eigenvalue weighted by Gasteiger charge is 2.19. The Balaban J connectivity index is 1.78. The van der Waals surface area contributed by atoms with Gasteiger partial charge in [-0.1, -0.05) is 58.4 Å². The monoisotopic (exact) mass is 396 g/mol. The van der Waals surface area contributed by atoms with Gasteiger partial charge >= 0.3 is 0 Å². The minimum Gasteiger partial charge on any atom is -0.368 e. The minimum absolute atomic E-state index is 0.315. The first-order valence-electron chi connectivity index (χ1n) is 7.86. The number of carbonyl (C=O) groups excluding carboxylic acids is 2. The summed E-state index contributed by atoms with van der Waals surface area (Å²) in [5, 5.41) is 4.76. The summed E-state index contributed by atoms with van der Waals surface area (Å²) in [7, 11) is 0. The molecule has 126 valence electrons. The maximum absolute atomic E-state index is 12.5. The molecule has 0 heterocycles. The number of hydrogen-bond donors (Lipinski definition) is 2. The molecule has 0 fully saturated rings. The van der Waals surface area contributed by atoms with E-state index in [1.807, 2.05) is 60.7 Å². The molecule has 0 radical (unpaired) electrons.